The normalized spacial score (nSPS) is 13.7. The van der Waals surface area contributed by atoms with E-state index in [2.05, 4.69) is 13.8 Å². The van der Waals surface area contributed by atoms with Gasteiger partial charge in [-0.2, -0.15) is 0 Å². The van der Waals surface area contributed by atoms with E-state index in [1.54, 1.807) is 0 Å². The summed E-state index contributed by atoms with van der Waals surface area (Å²) in [5.41, 5.74) is 0. The van der Waals surface area contributed by atoms with Crippen LogP contribution in [0.15, 0.2) is 0 Å². The third kappa shape index (κ3) is 20.8. The molecule has 2 atom stereocenters. The van der Waals surface area contributed by atoms with Crippen molar-refractivity contribution in [1.82, 2.24) is 0 Å². The van der Waals surface area contributed by atoms with E-state index in [9.17, 15) is 18.1 Å². The van der Waals surface area contributed by atoms with E-state index in [1.807, 2.05) is 0 Å². The summed E-state index contributed by atoms with van der Waals surface area (Å²) in [4.78, 5) is 0. The minimum atomic E-state index is -4.43. The number of aliphatic hydroxyl groups excluding tert-OH is 1. The fraction of sp³-hybridized carbons (Fsp3) is 1.00. The third-order valence-electron chi connectivity index (χ3n) is 6.00. The van der Waals surface area contributed by atoms with Gasteiger partial charge in [0.05, 0.1) is 11.4 Å². The summed E-state index contributed by atoms with van der Waals surface area (Å²) in [5.74, 6) is 0. The Balaban J connectivity index is 0. The van der Waals surface area contributed by atoms with Crippen LogP contribution in [0.2, 0.25) is 0 Å². The first-order chi connectivity index (χ1) is 13.9. The summed E-state index contributed by atoms with van der Waals surface area (Å²) in [7, 11) is -4.43. The molecule has 0 fully saturated rings. The van der Waals surface area contributed by atoms with Crippen LogP contribution < -0.4 is 29.6 Å². The Kier molecular flexibility index (Phi) is 25.4. The number of hydrogen-bond acceptors (Lipinski definition) is 4. The second kappa shape index (κ2) is 23.0. The summed E-state index contributed by atoms with van der Waals surface area (Å²) < 4.78 is 34.6. The van der Waals surface area contributed by atoms with E-state index in [4.69, 9.17) is 0 Å². The van der Waals surface area contributed by atoms with E-state index in [0.717, 1.165) is 38.5 Å². The van der Waals surface area contributed by atoms with Crippen LogP contribution in [0.4, 0.5) is 0 Å². The Morgan fingerprint density at radius 2 is 0.900 bits per heavy atom. The van der Waals surface area contributed by atoms with Crippen molar-refractivity contribution in [2.24, 2.45) is 0 Å². The zero-order valence-corrected chi connectivity index (χ0v) is 23.2. The van der Waals surface area contributed by atoms with Crippen molar-refractivity contribution in [1.29, 1.82) is 0 Å². The molecular formula is C24H49NaO4S. The van der Waals surface area contributed by atoms with Crippen LogP contribution in [0.5, 0.6) is 0 Å². The van der Waals surface area contributed by atoms with Crippen molar-refractivity contribution in [3.8, 4) is 0 Å². The van der Waals surface area contributed by atoms with E-state index < -0.39 is 21.5 Å². The zero-order chi connectivity index (χ0) is 21.8. The van der Waals surface area contributed by atoms with Gasteiger partial charge in [-0.1, -0.05) is 129 Å². The van der Waals surface area contributed by atoms with Gasteiger partial charge in [0.25, 0.3) is 0 Å². The molecule has 4 nitrogen and oxygen atoms in total. The Morgan fingerprint density at radius 1 is 0.600 bits per heavy atom. The fourth-order valence-corrected chi connectivity index (χ4v) is 5.01. The summed E-state index contributed by atoms with van der Waals surface area (Å²) in [6.45, 7) is 4.40. The Bertz CT molecular complexity index is 442. The topological polar surface area (TPSA) is 77.4 Å². The van der Waals surface area contributed by atoms with Gasteiger partial charge in [0.15, 0.2) is 0 Å². The van der Waals surface area contributed by atoms with Gasteiger partial charge in [-0.15, -0.1) is 0 Å². The zero-order valence-electron chi connectivity index (χ0n) is 20.4. The van der Waals surface area contributed by atoms with E-state index in [-0.39, 0.29) is 29.6 Å². The Labute approximate surface area is 210 Å². The Morgan fingerprint density at radius 3 is 1.23 bits per heavy atom. The van der Waals surface area contributed by atoms with Crippen molar-refractivity contribution in [2.45, 2.75) is 154 Å². The maximum Gasteiger partial charge on any atom is 1.00 e. The predicted octanol–water partition coefficient (Wildman–Crippen LogP) is 4.11. The van der Waals surface area contributed by atoms with Crippen LogP contribution in [0.1, 0.15) is 142 Å². The van der Waals surface area contributed by atoms with E-state index >= 15 is 0 Å². The molecule has 176 valence electrons. The van der Waals surface area contributed by atoms with Crippen LogP contribution in [-0.4, -0.2) is 29.4 Å². The molecule has 6 heteroatoms. The smallest absolute Gasteiger partial charge is 0.748 e. The SMILES string of the molecule is CCCCCCCCCCCCCCC(O)C(CCCCCCCC)S(=O)(=O)[O-].[Na+]. The maximum atomic E-state index is 11.5. The molecule has 0 amide bonds. The van der Waals surface area contributed by atoms with Crippen molar-refractivity contribution in [3.05, 3.63) is 0 Å². The standard InChI is InChI=1S/C24H50O4S.Na/c1-3-5-7-9-11-12-13-14-15-16-17-19-21-23(25)24(29(26,27)28)22-20-18-10-8-6-4-2;/h23-25H,3-22H2,1-2H3,(H,26,27,28);/q;+1/p-1. The van der Waals surface area contributed by atoms with Gasteiger partial charge >= 0.3 is 29.6 Å². The van der Waals surface area contributed by atoms with E-state index in [0.29, 0.717) is 19.3 Å². The molecule has 30 heavy (non-hydrogen) atoms. The molecule has 0 heterocycles. The first-order valence-corrected chi connectivity index (χ1v) is 14.0. The first-order valence-electron chi connectivity index (χ1n) is 12.6. The summed E-state index contributed by atoms with van der Waals surface area (Å²) in [5, 5.41) is 9.14. The van der Waals surface area contributed by atoms with Gasteiger partial charge in [-0.05, 0) is 12.8 Å². The van der Waals surface area contributed by atoms with Crippen molar-refractivity contribution in [2.75, 3.05) is 0 Å². The summed E-state index contributed by atoms with van der Waals surface area (Å²) in [6, 6.07) is 0. The van der Waals surface area contributed by atoms with Crippen LogP contribution in [0.3, 0.4) is 0 Å². The minimum Gasteiger partial charge on any atom is -0.748 e. The van der Waals surface area contributed by atoms with Crippen LogP contribution in [-0.2, 0) is 10.1 Å². The molecule has 0 bridgehead atoms. The molecule has 2 unspecified atom stereocenters. The average molecular weight is 457 g/mol. The average Bonchev–Trinajstić information content (AvgIpc) is 2.67. The molecule has 0 rings (SSSR count). The minimum absolute atomic E-state index is 0. The second-order valence-electron chi connectivity index (χ2n) is 8.83. The number of hydrogen-bond donors (Lipinski definition) is 1. The summed E-state index contributed by atoms with van der Waals surface area (Å²) in [6.07, 6.45) is 20.8. The molecule has 0 aliphatic carbocycles. The largest absolute Gasteiger partial charge is 1.00 e. The molecule has 0 aromatic carbocycles. The van der Waals surface area contributed by atoms with Crippen LogP contribution in [0, 0.1) is 0 Å². The fourth-order valence-electron chi connectivity index (χ4n) is 4.04. The molecule has 0 aromatic rings. The van der Waals surface area contributed by atoms with Gasteiger partial charge in [0.2, 0.25) is 0 Å². The molecule has 0 aliphatic heterocycles. The van der Waals surface area contributed by atoms with Gasteiger partial charge in [-0.25, -0.2) is 8.42 Å². The van der Waals surface area contributed by atoms with Gasteiger partial charge in [0.1, 0.15) is 10.1 Å². The van der Waals surface area contributed by atoms with Gasteiger partial charge < -0.3 is 9.66 Å². The maximum absolute atomic E-state index is 11.5. The molecule has 0 aliphatic rings. The molecule has 0 aromatic heterocycles. The summed E-state index contributed by atoms with van der Waals surface area (Å²) >= 11 is 0. The van der Waals surface area contributed by atoms with Crippen LogP contribution >= 0.6 is 0 Å². The monoisotopic (exact) mass is 456 g/mol. The predicted molar refractivity (Wildman–Crippen MR) is 123 cm³/mol. The quantitative estimate of drug-likeness (QED) is 0.151. The number of rotatable bonds is 22. The van der Waals surface area contributed by atoms with Crippen molar-refractivity contribution < 1.29 is 47.6 Å². The molecule has 1 N–H and O–H groups in total. The van der Waals surface area contributed by atoms with Crippen LogP contribution in [0.25, 0.3) is 0 Å². The number of unbranched alkanes of at least 4 members (excludes halogenated alkanes) is 16. The second-order valence-corrected chi connectivity index (χ2v) is 10.4. The molecule has 0 spiro atoms. The van der Waals surface area contributed by atoms with Crippen molar-refractivity contribution in [3.63, 3.8) is 0 Å². The van der Waals surface area contributed by atoms with Crippen molar-refractivity contribution >= 4 is 10.1 Å². The molecule has 0 saturated carbocycles. The molecule has 0 saturated heterocycles. The molecule has 0 radical (unpaired) electrons. The molecular weight excluding hydrogens is 407 g/mol. The number of aliphatic hydroxyl groups is 1. The third-order valence-corrected chi connectivity index (χ3v) is 7.29. The van der Waals surface area contributed by atoms with Gasteiger partial charge in [-0.3, -0.25) is 0 Å². The van der Waals surface area contributed by atoms with E-state index in [1.165, 1.54) is 70.6 Å². The Hall–Kier alpha value is 0.870. The first kappa shape index (κ1) is 33.0. The van der Waals surface area contributed by atoms with Gasteiger partial charge in [0, 0.05) is 0 Å².